The molecule has 2 N–H and O–H groups in total. The number of aromatic amines is 1. The molecule has 0 saturated carbocycles. The van der Waals surface area contributed by atoms with E-state index in [0.29, 0.717) is 11.4 Å². The number of sulfonamides is 1. The zero-order chi connectivity index (χ0) is 15.9. The molecule has 0 fully saturated rings. The predicted octanol–water partition coefficient (Wildman–Crippen LogP) is 2.28. The van der Waals surface area contributed by atoms with Crippen molar-refractivity contribution in [1.29, 1.82) is 0 Å². The smallest absolute Gasteiger partial charge is 0.244 e. The monoisotopic (exact) mass is 333 g/mol. The summed E-state index contributed by atoms with van der Waals surface area (Å²) in [5.74, 6) is 0.959. The normalized spacial score (nSPS) is 13.8. The SMILES string of the molecule is CCCNCc1cc(S(=O)(=O)N(C)C(C)CCSC)c[nH]1. The number of thioether (sulfide) groups is 1. The van der Waals surface area contributed by atoms with Gasteiger partial charge < -0.3 is 10.3 Å². The zero-order valence-corrected chi connectivity index (χ0v) is 15.0. The molecule has 1 aromatic heterocycles. The Hall–Kier alpha value is -0.500. The van der Waals surface area contributed by atoms with E-state index in [2.05, 4.69) is 17.2 Å². The summed E-state index contributed by atoms with van der Waals surface area (Å²) in [4.78, 5) is 3.38. The minimum Gasteiger partial charge on any atom is -0.363 e. The van der Waals surface area contributed by atoms with Crippen molar-refractivity contribution in [1.82, 2.24) is 14.6 Å². The minimum absolute atomic E-state index is 0.000911. The number of nitrogens with one attached hydrogen (secondary N) is 2. The van der Waals surface area contributed by atoms with Gasteiger partial charge in [-0.2, -0.15) is 16.1 Å². The van der Waals surface area contributed by atoms with Crippen LogP contribution in [0.4, 0.5) is 0 Å². The van der Waals surface area contributed by atoms with Gasteiger partial charge in [0.15, 0.2) is 0 Å². The highest BCUT2D eigenvalue weighted by Crippen LogP contribution is 2.19. The highest BCUT2D eigenvalue weighted by molar-refractivity contribution is 7.98. The fourth-order valence-corrected chi connectivity index (χ4v) is 3.93. The lowest BCUT2D eigenvalue weighted by molar-refractivity contribution is 0.382. The summed E-state index contributed by atoms with van der Waals surface area (Å²) in [6.07, 6.45) is 5.52. The van der Waals surface area contributed by atoms with Crippen molar-refractivity contribution in [2.45, 2.75) is 44.2 Å². The van der Waals surface area contributed by atoms with Gasteiger partial charge in [-0.1, -0.05) is 6.92 Å². The Morgan fingerprint density at radius 2 is 2.19 bits per heavy atom. The maximum absolute atomic E-state index is 12.6. The fraction of sp³-hybridized carbons (Fsp3) is 0.714. The average Bonchev–Trinajstić information content (AvgIpc) is 2.93. The van der Waals surface area contributed by atoms with Crippen molar-refractivity contribution in [3.8, 4) is 0 Å². The van der Waals surface area contributed by atoms with Crippen LogP contribution in [0.15, 0.2) is 17.2 Å². The topological polar surface area (TPSA) is 65.2 Å². The lowest BCUT2D eigenvalue weighted by Crippen LogP contribution is -2.35. The molecular formula is C14H27N3O2S2. The molecule has 122 valence electrons. The molecule has 7 heteroatoms. The summed E-state index contributed by atoms with van der Waals surface area (Å²) in [6, 6.07) is 1.72. The molecule has 1 rings (SSSR count). The van der Waals surface area contributed by atoms with E-state index in [1.807, 2.05) is 13.2 Å². The zero-order valence-electron chi connectivity index (χ0n) is 13.3. The second-order valence-corrected chi connectivity index (χ2v) is 8.17. The van der Waals surface area contributed by atoms with E-state index in [-0.39, 0.29) is 6.04 Å². The third-order valence-corrected chi connectivity index (χ3v) is 6.09. The van der Waals surface area contributed by atoms with Gasteiger partial charge in [0.05, 0.1) is 4.90 Å². The third kappa shape index (κ3) is 5.32. The highest BCUT2D eigenvalue weighted by atomic mass is 32.2. The van der Waals surface area contributed by atoms with Gasteiger partial charge in [-0.05, 0) is 44.4 Å². The van der Waals surface area contributed by atoms with Crippen LogP contribution >= 0.6 is 11.8 Å². The second-order valence-electron chi connectivity index (χ2n) is 5.19. The number of hydrogen-bond donors (Lipinski definition) is 2. The molecule has 1 aromatic rings. The largest absolute Gasteiger partial charge is 0.363 e. The van der Waals surface area contributed by atoms with Crippen molar-refractivity contribution in [2.24, 2.45) is 0 Å². The van der Waals surface area contributed by atoms with Crippen LogP contribution < -0.4 is 5.32 Å². The number of rotatable bonds is 10. The summed E-state index contributed by atoms with van der Waals surface area (Å²) in [5.41, 5.74) is 0.896. The van der Waals surface area contributed by atoms with E-state index in [0.717, 1.165) is 30.8 Å². The van der Waals surface area contributed by atoms with Crippen molar-refractivity contribution < 1.29 is 8.42 Å². The molecule has 0 saturated heterocycles. The molecule has 5 nitrogen and oxygen atoms in total. The fourth-order valence-electron chi connectivity index (χ4n) is 1.94. The van der Waals surface area contributed by atoms with Crippen LogP contribution in [0.5, 0.6) is 0 Å². The van der Waals surface area contributed by atoms with Crippen molar-refractivity contribution >= 4 is 21.8 Å². The Morgan fingerprint density at radius 3 is 2.81 bits per heavy atom. The molecule has 0 bridgehead atoms. The average molecular weight is 334 g/mol. The van der Waals surface area contributed by atoms with Crippen molar-refractivity contribution in [3.05, 3.63) is 18.0 Å². The minimum atomic E-state index is -3.41. The lowest BCUT2D eigenvalue weighted by atomic mass is 10.3. The van der Waals surface area contributed by atoms with Crippen LogP contribution in [0.25, 0.3) is 0 Å². The molecule has 0 aliphatic heterocycles. The number of H-pyrrole nitrogens is 1. The summed E-state index contributed by atoms with van der Waals surface area (Å²) < 4.78 is 26.6. The molecule has 1 heterocycles. The summed E-state index contributed by atoms with van der Waals surface area (Å²) in [7, 11) is -1.76. The lowest BCUT2D eigenvalue weighted by Gasteiger charge is -2.23. The quantitative estimate of drug-likeness (QED) is 0.645. The van der Waals surface area contributed by atoms with Gasteiger partial charge in [-0.25, -0.2) is 8.42 Å². The first kappa shape index (κ1) is 18.5. The molecule has 0 aromatic carbocycles. The standard InChI is InChI=1S/C14H27N3O2S2/c1-5-7-15-10-13-9-14(11-16-13)21(18,19)17(3)12(2)6-8-20-4/h9,11-12,15-16H,5-8,10H2,1-4H3. The van der Waals surface area contributed by atoms with E-state index in [4.69, 9.17) is 0 Å². The Balaban J connectivity index is 2.73. The Labute approximate surface area is 132 Å². The van der Waals surface area contributed by atoms with Gasteiger partial charge in [0.25, 0.3) is 0 Å². The molecule has 1 unspecified atom stereocenters. The van der Waals surface area contributed by atoms with Gasteiger partial charge in [-0.3, -0.25) is 0 Å². The second kappa shape index (κ2) is 8.82. The maximum Gasteiger partial charge on any atom is 0.244 e. The molecular weight excluding hydrogens is 306 g/mol. The van der Waals surface area contributed by atoms with Crippen molar-refractivity contribution in [3.63, 3.8) is 0 Å². The van der Waals surface area contributed by atoms with E-state index in [9.17, 15) is 8.42 Å². The predicted molar refractivity (Wildman–Crippen MR) is 90.2 cm³/mol. The first-order chi connectivity index (χ1) is 9.93. The van der Waals surface area contributed by atoms with Crippen molar-refractivity contribution in [2.75, 3.05) is 25.6 Å². The van der Waals surface area contributed by atoms with E-state index >= 15 is 0 Å². The summed E-state index contributed by atoms with van der Waals surface area (Å²) in [6.45, 7) is 5.63. The van der Waals surface area contributed by atoms with Crippen LogP contribution in [0.3, 0.4) is 0 Å². The number of nitrogens with zero attached hydrogens (tertiary/aromatic N) is 1. The van der Waals surface area contributed by atoms with Crippen LogP contribution in [0.1, 0.15) is 32.4 Å². The van der Waals surface area contributed by atoms with Gasteiger partial charge in [-0.15, -0.1) is 0 Å². The molecule has 0 amide bonds. The molecule has 0 aliphatic rings. The molecule has 0 aliphatic carbocycles. The number of hydrogen-bond acceptors (Lipinski definition) is 4. The van der Waals surface area contributed by atoms with Gasteiger partial charge in [0.2, 0.25) is 10.0 Å². The van der Waals surface area contributed by atoms with Gasteiger partial charge >= 0.3 is 0 Å². The Morgan fingerprint density at radius 1 is 1.48 bits per heavy atom. The maximum atomic E-state index is 12.6. The summed E-state index contributed by atoms with van der Waals surface area (Å²) >= 11 is 1.73. The molecule has 1 atom stereocenters. The van der Waals surface area contributed by atoms with Gasteiger partial charge in [0, 0.05) is 31.5 Å². The van der Waals surface area contributed by atoms with Crippen LogP contribution in [-0.4, -0.2) is 49.3 Å². The van der Waals surface area contributed by atoms with Crippen LogP contribution in [0.2, 0.25) is 0 Å². The molecule has 0 radical (unpaired) electrons. The number of aromatic nitrogens is 1. The van der Waals surface area contributed by atoms with E-state index in [1.165, 1.54) is 4.31 Å². The van der Waals surface area contributed by atoms with E-state index in [1.54, 1.807) is 31.1 Å². The van der Waals surface area contributed by atoms with E-state index < -0.39 is 10.0 Å². The molecule has 21 heavy (non-hydrogen) atoms. The highest BCUT2D eigenvalue weighted by Gasteiger charge is 2.26. The first-order valence-electron chi connectivity index (χ1n) is 7.28. The Bertz CT molecular complexity index is 514. The Kier molecular flexibility index (Phi) is 7.79. The van der Waals surface area contributed by atoms with Gasteiger partial charge in [0.1, 0.15) is 0 Å². The van der Waals surface area contributed by atoms with Crippen LogP contribution in [-0.2, 0) is 16.6 Å². The summed E-state index contributed by atoms with van der Waals surface area (Å²) in [5, 5.41) is 3.25. The molecule has 0 spiro atoms. The first-order valence-corrected chi connectivity index (χ1v) is 10.1. The third-order valence-electron chi connectivity index (χ3n) is 3.50. The van der Waals surface area contributed by atoms with Crippen LogP contribution in [0, 0.1) is 0 Å².